The Balaban J connectivity index is 2.34. The lowest BCUT2D eigenvalue weighted by molar-refractivity contribution is 0.820. The molecule has 0 aliphatic rings. The van der Waals surface area contributed by atoms with E-state index < -0.39 is 0 Å². The van der Waals surface area contributed by atoms with Gasteiger partial charge in [0.25, 0.3) is 0 Å². The minimum Gasteiger partial charge on any atom is -0.339 e. The smallest absolute Gasteiger partial charge is 0.148 e. The van der Waals surface area contributed by atoms with Gasteiger partial charge in [0, 0.05) is 17.9 Å². The standard InChI is InChI=1S/C12H13BrN4/c1-8(14)9-4-2-3-5-11(9)17-12-10(13)6-15-7-16-12/h2-8H,14H2,1H3,(H,15,16,17). The number of benzene rings is 1. The van der Waals surface area contributed by atoms with Crippen LogP contribution in [0.2, 0.25) is 0 Å². The zero-order valence-corrected chi connectivity index (χ0v) is 11.0. The highest BCUT2D eigenvalue weighted by molar-refractivity contribution is 9.10. The van der Waals surface area contributed by atoms with Crippen LogP contribution in [0.15, 0.2) is 41.3 Å². The Hall–Kier alpha value is -1.46. The molecule has 0 amide bonds. The van der Waals surface area contributed by atoms with Crippen LogP contribution in [0, 0.1) is 0 Å². The first-order valence-corrected chi connectivity index (χ1v) is 6.05. The van der Waals surface area contributed by atoms with Crippen molar-refractivity contribution in [3.63, 3.8) is 0 Å². The number of anilines is 2. The molecule has 0 aliphatic heterocycles. The molecule has 0 bridgehead atoms. The summed E-state index contributed by atoms with van der Waals surface area (Å²) in [4.78, 5) is 8.09. The van der Waals surface area contributed by atoms with Gasteiger partial charge in [0.05, 0.1) is 4.47 Å². The Morgan fingerprint density at radius 3 is 2.82 bits per heavy atom. The SMILES string of the molecule is CC(N)c1ccccc1Nc1ncncc1Br. The summed E-state index contributed by atoms with van der Waals surface area (Å²) in [5, 5.41) is 3.24. The van der Waals surface area contributed by atoms with E-state index in [9.17, 15) is 0 Å². The van der Waals surface area contributed by atoms with Crippen molar-refractivity contribution in [2.24, 2.45) is 5.73 Å². The zero-order chi connectivity index (χ0) is 12.3. The maximum Gasteiger partial charge on any atom is 0.148 e. The van der Waals surface area contributed by atoms with Crippen molar-refractivity contribution in [3.8, 4) is 0 Å². The van der Waals surface area contributed by atoms with Gasteiger partial charge in [0.1, 0.15) is 12.1 Å². The van der Waals surface area contributed by atoms with E-state index in [0.717, 1.165) is 21.5 Å². The lowest BCUT2D eigenvalue weighted by Crippen LogP contribution is -2.08. The van der Waals surface area contributed by atoms with E-state index >= 15 is 0 Å². The van der Waals surface area contributed by atoms with Crippen LogP contribution in [-0.4, -0.2) is 9.97 Å². The quantitative estimate of drug-likeness (QED) is 0.913. The van der Waals surface area contributed by atoms with Gasteiger partial charge in [-0.2, -0.15) is 0 Å². The predicted molar refractivity (Wildman–Crippen MR) is 72.1 cm³/mol. The number of rotatable bonds is 3. The summed E-state index contributed by atoms with van der Waals surface area (Å²) >= 11 is 3.40. The summed E-state index contributed by atoms with van der Waals surface area (Å²) in [7, 11) is 0. The fraction of sp³-hybridized carbons (Fsp3) is 0.167. The Labute approximate surface area is 108 Å². The van der Waals surface area contributed by atoms with Gasteiger partial charge in [-0.05, 0) is 34.5 Å². The molecule has 0 saturated carbocycles. The molecule has 4 nitrogen and oxygen atoms in total. The van der Waals surface area contributed by atoms with Crippen molar-refractivity contribution in [1.82, 2.24) is 9.97 Å². The predicted octanol–water partition coefficient (Wildman–Crippen LogP) is 3.00. The molecule has 0 aliphatic carbocycles. The third-order valence-corrected chi connectivity index (χ3v) is 2.95. The van der Waals surface area contributed by atoms with Crippen molar-refractivity contribution in [1.29, 1.82) is 0 Å². The van der Waals surface area contributed by atoms with Crippen LogP contribution in [0.5, 0.6) is 0 Å². The monoisotopic (exact) mass is 292 g/mol. The zero-order valence-electron chi connectivity index (χ0n) is 9.39. The van der Waals surface area contributed by atoms with Gasteiger partial charge in [-0.1, -0.05) is 18.2 Å². The molecule has 1 aromatic heterocycles. The molecule has 0 radical (unpaired) electrons. The molecule has 3 N–H and O–H groups in total. The van der Waals surface area contributed by atoms with E-state index in [0.29, 0.717) is 0 Å². The second kappa shape index (κ2) is 5.25. The topological polar surface area (TPSA) is 63.8 Å². The molecule has 1 aromatic carbocycles. The number of para-hydroxylation sites is 1. The van der Waals surface area contributed by atoms with E-state index in [4.69, 9.17) is 5.73 Å². The number of hydrogen-bond donors (Lipinski definition) is 2. The average Bonchev–Trinajstić information content (AvgIpc) is 2.32. The highest BCUT2D eigenvalue weighted by Gasteiger charge is 2.08. The molecule has 88 valence electrons. The molecule has 2 rings (SSSR count). The first kappa shape index (κ1) is 12.0. The first-order valence-electron chi connectivity index (χ1n) is 5.25. The van der Waals surface area contributed by atoms with Gasteiger partial charge < -0.3 is 11.1 Å². The molecular formula is C12H13BrN4. The number of halogens is 1. The van der Waals surface area contributed by atoms with E-state index in [1.165, 1.54) is 6.33 Å². The van der Waals surface area contributed by atoms with Crippen LogP contribution >= 0.6 is 15.9 Å². The molecule has 0 fully saturated rings. The van der Waals surface area contributed by atoms with E-state index in [-0.39, 0.29) is 6.04 Å². The normalized spacial score (nSPS) is 12.2. The minimum atomic E-state index is -0.0284. The molecule has 1 heterocycles. The van der Waals surface area contributed by atoms with Crippen molar-refractivity contribution < 1.29 is 0 Å². The number of aromatic nitrogens is 2. The largest absolute Gasteiger partial charge is 0.339 e. The van der Waals surface area contributed by atoms with E-state index in [2.05, 4.69) is 31.2 Å². The van der Waals surface area contributed by atoms with Crippen LogP contribution in [0.4, 0.5) is 11.5 Å². The van der Waals surface area contributed by atoms with Gasteiger partial charge in [0.15, 0.2) is 0 Å². The van der Waals surface area contributed by atoms with Crippen LogP contribution in [0.3, 0.4) is 0 Å². The Kier molecular flexibility index (Phi) is 3.71. The van der Waals surface area contributed by atoms with Crippen LogP contribution in [0.1, 0.15) is 18.5 Å². The number of nitrogens with one attached hydrogen (secondary N) is 1. The number of nitrogens with two attached hydrogens (primary N) is 1. The van der Waals surface area contributed by atoms with Gasteiger partial charge >= 0.3 is 0 Å². The first-order chi connectivity index (χ1) is 8.18. The Morgan fingerprint density at radius 1 is 1.35 bits per heavy atom. The fourth-order valence-corrected chi connectivity index (χ4v) is 1.86. The average molecular weight is 293 g/mol. The van der Waals surface area contributed by atoms with Crippen molar-refractivity contribution in [2.45, 2.75) is 13.0 Å². The Bertz CT molecular complexity index is 513. The maximum atomic E-state index is 5.92. The van der Waals surface area contributed by atoms with Gasteiger partial charge in [-0.25, -0.2) is 9.97 Å². The number of hydrogen-bond acceptors (Lipinski definition) is 4. The summed E-state index contributed by atoms with van der Waals surface area (Å²) < 4.78 is 0.819. The second-order valence-corrected chi connectivity index (χ2v) is 4.57. The summed E-state index contributed by atoms with van der Waals surface area (Å²) in [6.07, 6.45) is 3.20. The van der Waals surface area contributed by atoms with E-state index in [1.807, 2.05) is 31.2 Å². The molecule has 0 saturated heterocycles. The lowest BCUT2D eigenvalue weighted by atomic mass is 10.1. The molecule has 5 heteroatoms. The molecule has 1 unspecified atom stereocenters. The third kappa shape index (κ3) is 2.81. The minimum absolute atomic E-state index is 0.0284. The lowest BCUT2D eigenvalue weighted by Gasteiger charge is -2.14. The molecule has 17 heavy (non-hydrogen) atoms. The summed E-state index contributed by atoms with van der Waals surface area (Å²) in [5.74, 6) is 0.730. The van der Waals surface area contributed by atoms with Gasteiger partial charge in [0.2, 0.25) is 0 Å². The highest BCUT2D eigenvalue weighted by atomic mass is 79.9. The second-order valence-electron chi connectivity index (χ2n) is 3.72. The fourth-order valence-electron chi connectivity index (χ4n) is 1.54. The van der Waals surface area contributed by atoms with Gasteiger partial charge in [-0.3, -0.25) is 0 Å². The van der Waals surface area contributed by atoms with E-state index in [1.54, 1.807) is 6.20 Å². The summed E-state index contributed by atoms with van der Waals surface area (Å²) in [5.41, 5.74) is 7.94. The Morgan fingerprint density at radius 2 is 2.12 bits per heavy atom. The maximum absolute atomic E-state index is 5.92. The highest BCUT2D eigenvalue weighted by Crippen LogP contribution is 2.26. The summed E-state index contributed by atoms with van der Waals surface area (Å²) in [6, 6.07) is 7.89. The molecular weight excluding hydrogens is 280 g/mol. The van der Waals surface area contributed by atoms with Crippen LogP contribution in [-0.2, 0) is 0 Å². The third-order valence-electron chi connectivity index (χ3n) is 2.37. The van der Waals surface area contributed by atoms with Crippen molar-refractivity contribution >= 4 is 27.4 Å². The number of nitrogens with zero attached hydrogens (tertiary/aromatic N) is 2. The molecule has 2 aromatic rings. The van der Waals surface area contributed by atoms with Crippen LogP contribution in [0.25, 0.3) is 0 Å². The van der Waals surface area contributed by atoms with Gasteiger partial charge in [-0.15, -0.1) is 0 Å². The molecule has 0 spiro atoms. The summed E-state index contributed by atoms with van der Waals surface area (Å²) in [6.45, 7) is 1.95. The molecule has 1 atom stereocenters. The van der Waals surface area contributed by atoms with Crippen LogP contribution < -0.4 is 11.1 Å². The van der Waals surface area contributed by atoms with Crippen molar-refractivity contribution in [3.05, 3.63) is 46.8 Å². The van der Waals surface area contributed by atoms with Crippen molar-refractivity contribution in [2.75, 3.05) is 5.32 Å².